The van der Waals surface area contributed by atoms with E-state index >= 15 is 0 Å². The largest absolute Gasteiger partial charge is 0.344 e. The quantitative estimate of drug-likeness (QED) is 0.907. The van der Waals surface area contributed by atoms with Gasteiger partial charge in [-0.2, -0.15) is 0 Å². The summed E-state index contributed by atoms with van der Waals surface area (Å²) in [5, 5.41) is 2.79. The molecular formula is C15H21N3O2. The standard InChI is InChI=1S/C15H21N3O2/c1-4-12-15(20)18(11(3)8-14(19)17-12)9-13-10(2)6-5-7-16-13/h5-7,11-12H,4,8-9H2,1-3H3,(H,17,19). The van der Waals surface area contributed by atoms with Crippen LogP contribution in [0.5, 0.6) is 0 Å². The summed E-state index contributed by atoms with van der Waals surface area (Å²) in [6.07, 6.45) is 2.68. The van der Waals surface area contributed by atoms with Gasteiger partial charge in [-0.05, 0) is 31.9 Å². The van der Waals surface area contributed by atoms with Crippen LogP contribution in [0.15, 0.2) is 18.3 Å². The monoisotopic (exact) mass is 275 g/mol. The fourth-order valence-corrected chi connectivity index (χ4v) is 2.47. The molecule has 0 saturated carbocycles. The van der Waals surface area contributed by atoms with Gasteiger partial charge in [-0.15, -0.1) is 0 Å². The highest BCUT2D eigenvalue weighted by molar-refractivity contribution is 5.90. The van der Waals surface area contributed by atoms with Gasteiger partial charge in [0.15, 0.2) is 0 Å². The zero-order valence-corrected chi connectivity index (χ0v) is 12.2. The van der Waals surface area contributed by atoms with Crippen molar-refractivity contribution in [3.63, 3.8) is 0 Å². The van der Waals surface area contributed by atoms with Gasteiger partial charge in [0.25, 0.3) is 0 Å². The summed E-state index contributed by atoms with van der Waals surface area (Å²) in [7, 11) is 0. The maximum Gasteiger partial charge on any atom is 0.245 e. The van der Waals surface area contributed by atoms with Crippen molar-refractivity contribution < 1.29 is 9.59 Å². The maximum atomic E-state index is 12.5. The number of nitrogens with one attached hydrogen (secondary N) is 1. The number of aryl methyl sites for hydroxylation is 1. The number of nitrogens with zero attached hydrogens (tertiary/aromatic N) is 2. The molecule has 108 valence electrons. The average Bonchev–Trinajstić information content (AvgIpc) is 2.51. The van der Waals surface area contributed by atoms with Gasteiger partial charge in [0.1, 0.15) is 6.04 Å². The zero-order valence-electron chi connectivity index (χ0n) is 12.2. The van der Waals surface area contributed by atoms with Crippen molar-refractivity contribution in [1.82, 2.24) is 15.2 Å². The van der Waals surface area contributed by atoms with Gasteiger partial charge in [-0.25, -0.2) is 0 Å². The number of pyridine rings is 1. The van der Waals surface area contributed by atoms with Crippen LogP contribution in [-0.4, -0.2) is 33.8 Å². The van der Waals surface area contributed by atoms with Crippen molar-refractivity contribution in [2.24, 2.45) is 0 Å². The Labute approximate surface area is 119 Å². The number of amides is 2. The summed E-state index contributed by atoms with van der Waals surface area (Å²) in [6.45, 7) is 6.25. The molecule has 1 aliphatic rings. The molecule has 1 N–H and O–H groups in total. The molecule has 2 heterocycles. The van der Waals surface area contributed by atoms with Crippen LogP contribution in [0.3, 0.4) is 0 Å². The molecule has 0 spiro atoms. The number of rotatable bonds is 3. The Balaban J connectivity index is 2.25. The van der Waals surface area contributed by atoms with E-state index in [1.165, 1.54) is 0 Å². The predicted molar refractivity (Wildman–Crippen MR) is 75.8 cm³/mol. The third-order valence-electron chi connectivity index (χ3n) is 3.78. The van der Waals surface area contributed by atoms with Crippen molar-refractivity contribution in [2.75, 3.05) is 0 Å². The molecule has 0 radical (unpaired) electrons. The molecule has 1 aromatic rings. The van der Waals surface area contributed by atoms with E-state index in [4.69, 9.17) is 0 Å². The minimum atomic E-state index is -0.420. The van der Waals surface area contributed by atoms with E-state index in [1.807, 2.05) is 32.9 Å². The van der Waals surface area contributed by atoms with Crippen molar-refractivity contribution in [3.05, 3.63) is 29.6 Å². The third-order valence-corrected chi connectivity index (χ3v) is 3.78. The highest BCUT2D eigenvalue weighted by atomic mass is 16.2. The van der Waals surface area contributed by atoms with Gasteiger partial charge in [0.2, 0.25) is 11.8 Å². The van der Waals surface area contributed by atoms with E-state index < -0.39 is 6.04 Å². The maximum absolute atomic E-state index is 12.5. The van der Waals surface area contributed by atoms with Gasteiger partial charge < -0.3 is 10.2 Å². The molecule has 5 heteroatoms. The van der Waals surface area contributed by atoms with Crippen molar-refractivity contribution in [1.29, 1.82) is 0 Å². The highest BCUT2D eigenvalue weighted by Crippen LogP contribution is 2.17. The Bertz CT molecular complexity index is 516. The van der Waals surface area contributed by atoms with Crippen LogP contribution in [0.1, 0.15) is 37.9 Å². The van der Waals surface area contributed by atoms with Gasteiger partial charge in [0, 0.05) is 18.7 Å². The second-order valence-electron chi connectivity index (χ2n) is 5.31. The van der Waals surface area contributed by atoms with Crippen LogP contribution in [0.25, 0.3) is 0 Å². The summed E-state index contributed by atoms with van der Waals surface area (Å²) in [5.74, 6) is -0.0751. The average molecular weight is 275 g/mol. The van der Waals surface area contributed by atoms with Crippen LogP contribution in [0.4, 0.5) is 0 Å². The Hall–Kier alpha value is -1.91. The summed E-state index contributed by atoms with van der Waals surface area (Å²) in [5.41, 5.74) is 1.95. The molecule has 5 nitrogen and oxygen atoms in total. The summed E-state index contributed by atoms with van der Waals surface area (Å²) in [6, 6.07) is 3.33. The molecule has 0 bridgehead atoms. The van der Waals surface area contributed by atoms with Crippen molar-refractivity contribution in [2.45, 2.75) is 52.2 Å². The number of carbonyl (C=O) groups excluding carboxylic acids is 2. The minimum Gasteiger partial charge on any atom is -0.344 e. The second-order valence-corrected chi connectivity index (χ2v) is 5.31. The molecule has 2 rings (SSSR count). The SMILES string of the molecule is CCC1NC(=O)CC(C)N(Cc2ncccc2C)C1=O. The van der Waals surface area contributed by atoms with E-state index in [-0.39, 0.29) is 17.9 Å². The first-order valence-electron chi connectivity index (χ1n) is 7.03. The fraction of sp³-hybridized carbons (Fsp3) is 0.533. The summed E-state index contributed by atoms with van der Waals surface area (Å²) in [4.78, 5) is 30.4. The number of carbonyl (C=O) groups is 2. The van der Waals surface area contributed by atoms with E-state index in [9.17, 15) is 9.59 Å². The van der Waals surface area contributed by atoms with E-state index in [1.54, 1.807) is 11.1 Å². The van der Waals surface area contributed by atoms with Crippen LogP contribution >= 0.6 is 0 Å². The molecule has 1 aliphatic heterocycles. The molecule has 2 amide bonds. The Kier molecular flexibility index (Phi) is 4.37. The van der Waals surface area contributed by atoms with E-state index in [2.05, 4.69) is 10.3 Å². The van der Waals surface area contributed by atoms with Gasteiger partial charge in [-0.3, -0.25) is 14.6 Å². The van der Waals surface area contributed by atoms with Crippen molar-refractivity contribution >= 4 is 11.8 Å². The smallest absolute Gasteiger partial charge is 0.245 e. The molecule has 1 saturated heterocycles. The minimum absolute atomic E-state index is 0.0177. The number of aromatic nitrogens is 1. The predicted octanol–water partition coefficient (Wildman–Crippen LogP) is 1.41. The number of hydrogen-bond donors (Lipinski definition) is 1. The molecule has 0 aliphatic carbocycles. The summed E-state index contributed by atoms with van der Waals surface area (Å²) < 4.78 is 0. The summed E-state index contributed by atoms with van der Waals surface area (Å²) >= 11 is 0. The van der Waals surface area contributed by atoms with Crippen LogP contribution < -0.4 is 5.32 Å². The lowest BCUT2D eigenvalue weighted by atomic mass is 10.1. The molecule has 20 heavy (non-hydrogen) atoms. The van der Waals surface area contributed by atoms with Crippen LogP contribution in [0, 0.1) is 6.92 Å². The van der Waals surface area contributed by atoms with Crippen LogP contribution in [0.2, 0.25) is 0 Å². The van der Waals surface area contributed by atoms with Crippen molar-refractivity contribution in [3.8, 4) is 0 Å². The molecule has 1 aromatic heterocycles. The van der Waals surface area contributed by atoms with Gasteiger partial charge in [-0.1, -0.05) is 13.0 Å². The topological polar surface area (TPSA) is 62.3 Å². The first-order valence-corrected chi connectivity index (χ1v) is 7.03. The highest BCUT2D eigenvalue weighted by Gasteiger charge is 2.33. The first-order chi connectivity index (χ1) is 9.52. The molecule has 2 atom stereocenters. The lowest BCUT2D eigenvalue weighted by molar-refractivity contribution is -0.135. The Morgan fingerprint density at radius 3 is 2.85 bits per heavy atom. The fourth-order valence-electron chi connectivity index (χ4n) is 2.47. The second kappa shape index (κ2) is 6.03. The number of hydrogen-bond acceptors (Lipinski definition) is 3. The normalized spacial score (nSPS) is 23.4. The molecule has 0 aromatic carbocycles. The lowest BCUT2D eigenvalue weighted by Crippen LogP contribution is -2.45. The first kappa shape index (κ1) is 14.5. The lowest BCUT2D eigenvalue weighted by Gasteiger charge is -2.28. The Morgan fingerprint density at radius 2 is 2.20 bits per heavy atom. The van der Waals surface area contributed by atoms with E-state index in [0.717, 1.165) is 11.3 Å². The van der Waals surface area contributed by atoms with Gasteiger partial charge >= 0.3 is 0 Å². The third kappa shape index (κ3) is 2.98. The molecule has 1 fully saturated rings. The Morgan fingerprint density at radius 1 is 1.45 bits per heavy atom. The van der Waals surface area contributed by atoms with Crippen LogP contribution in [-0.2, 0) is 16.1 Å². The van der Waals surface area contributed by atoms with Gasteiger partial charge in [0.05, 0.1) is 12.2 Å². The van der Waals surface area contributed by atoms with E-state index in [0.29, 0.717) is 19.4 Å². The zero-order chi connectivity index (χ0) is 14.7. The molecular weight excluding hydrogens is 254 g/mol. The molecule has 2 unspecified atom stereocenters.